The van der Waals surface area contributed by atoms with Crippen LogP contribution >= 0.6 is 11.3 Å². The zero-order valence-corrected chi connectivity index (χ0v) is 15.0. The average Bonchev–Trinajstić information content (AvgIpc) is 2.98. The number of hydrogen-bond donors (Lipinski definition) is 0. The summed E-state index contributed by atoms with van der Waals surface area (Å²) < 4.78 is 1.28. The van der Waals surface area contributed by atoms with E-state index < -0.39 is 0 Å². The normalized spacial score (nSPS) is 17.0. The fraction of sp³-hybridized carbons (Fsp3) is 0.556. The molecule has 0 saturated carbocycles. The van der Waals surface area contributed by atoms with Crippen molar-refractivity contribution in [2.75, 3.05) is 26.7 Å². The maximum Gasteiger partial charge on any atom is 0.236 e. The quantitative estimate of drug-likeness (QED) is 0.862. The Kier molecular flexibility index (Phi) is 4.97. The third kappa shape index (κ3) is 3.72. The van der Waals surface area contributed by atoms with Crippen molar-refractivity contribution in [3.05, 3.63) is 29.3 Å². The number of nitrogens with zero attached hydrogens (tertiary/aromatic N) is 3. The molecule has 0 radical (unpaired) electrons. The van der Waals surface area contributed by atoms with Crippen LogP contribution in [0.3, 0.4) is 0 Å². The molecule has 1 amide bonds. The van der Waals surface area contributed by atoms with Crippen LogP contribution in [-0.2, 0) is 4.79 Å². The highest BCUT2D eigenvalue weighted by Crippen LogP contribution is 2.33. The van der Waals surface area contributed by atoms with Crippen LogP contribution in [0.25, 0.3) is 10.2 Å². The molecule has 1 saturated heterocycles. The highest BCUT2D eigenvalue weighted by molar-refractivity contribution is 7.18. The molecule has 3 rings (SSSR count). The Morgan fingerprint density at radius 1 is 1.35 bits per heavy atom. The van der Waals surface area contributed by atoms with E-state index in [9.17, 15) is 4.79 Å². The number of para-hydroxylation sites is 1. The molecule has 4 nitrogen and oxygen atoms in total. The van der Waals surface area contributed by atoms with Crippen LogP contribution in [-0.4, -0.2) is 53.4 Å². The van der Waals surface area contributed by atoms with E-state index in [0.717, 1.165) is 31.4 Å². The minimum Gasteiger partial charge on any atom is -0.342 e. The Balaban J connectivity index is 1.57. The van der Waals surface area contributed by atoms with E-state index in [4.69, 9.17) is 4.98 Å². The molecule has 1 aliphatic rings. The largest absolute Gasteiger partial charge is 0.342 e. The molecule has 2 aromatic rings. The molecule has 0 aliphatic carbocycles. The van der Waals surface area contributed by atoms with Gasteiger partial charge in [0, 0.05) is 19.0 Å². The third-order valence-electron chi connectivity index (χ3n) is 4.77. The van der Waals surface area contributed by atoms with E-state index in [1.54, 1.807) is 0 Å². The topological polar surface area (TPSA) is 36.4 Å². The highest BCUT2D eigenvalue weighted by Gasteiger charge is 2.25. The van der Waals surface area contributed by atoms with Gasteiger partial charge in [0.05, 0.1) is 21.8 Å². The van der Waals surface area contributed by atoms with Gasteiger partial charge in [0.1, 0.15) is 0 Å². The first-order valence-electron chi connectivity index (χ1n) is 8.38. The number of benzene rings is 1. The van der Waals surface area contributed by atoms with Gasteiger partial charge in [0.15, 0.2) is 0 Å². The van der Waals surface area contributed by atoms with Gasteiger partial charge in [-0.15, -0.1) is 11.3 Å². The molecule has 0 bridgehead atoms. The lowest BCUT2D eigenvalue weighted by molar-refractivity contribution is -0.132. The van der Waals surface area contributed by atoms with Gasteiger partial charge < -0.3 is 4.90 Å². The molecular weight excluding hydrogens is 306 g/mol. The molecule has 1 aromatic carbocycles. The molecule has 0 spiro atoms. The van der Waals surface area contributed by atoms with E-state index in [0.29, 0.717) is 12.5 Å². The molecular formula is C18H25N3OS. The van der Waals surface area contributed by atoms with Crippen molar-refractivity contribution in [3.8, 4) is 0 Å². The highest BCUT2D eigenvalue weighted by atomic mass is 32.1. The second kappa shape index (κ2) is 6.97. The first-order chi connectivity index (χ1) is 11.0. The Hall–Kier alpha value is -1.46. The number of carbonyl (C=O) groups excluding carboxylic acids is 1. The van der Waals surface area contributed by atoms with E-state index in [1.165, 1.54) is 9.71 Å². The maximum absolute atomic E-state index is 12.2. The number of likely N-dealkylation sites (tertiary alicyclic amines) is 1. The van der Waals surface area contributed by atoms with Crippen LogP contribution in [0.1, 0.15) is 37.6 Å². The monoisotopic (exact) mass is 331 g/mol. The summed E-state index contributed by atoms with van der Waals surface area (Å²) in [7, 11) is 1.89. The Labute approximate surface area is 142 Å². The first-order valence-corrected chi connectivity index (χ1v) is 9.19. The van der Waals surface area contributed by atoms with E-state index in [2.05, 4.69) is 36.9 Å². The van der Waals surface area contributed by atoms with Gasteiger partial charge in [0.2, 0.25) is 5.91 Å². The summed E-state index contributed by atoms with van der Waals surface area (Å²) in [5.74, 6) is 0.764. The smallest absolute Gasteiger partial charge is 0.236 e. The molecule has 0 N–H and O–H groups in total. The number of piperidine rings is 1. The lowest BCUT2D eigenvalue weighted by atomic mass is 9.97. The van der Waals surface area contributed by atoms with Crippen molar-refractivity contribution < 1.29 is 4.79 Å². The Morgan fingerprint density at radius 2 is 2.04 bits per heavy atom. The van der Waals surface area contributed by atoms with E-state index >= 15 is 0 Å². The van der Waals surface area contributed by atoms with Crippen molar-refractivity contribution in [3.63, 3.8) is 0 Å². The molecule has 1 aromatic heterocycles. The summed E-state index contributed by atoms with van der Waals surface area (Å²) >= 11 is 1.82. The summed E-state index contributed by atoms with van der Waals surface area (Å²) in [4.78, 5) is 21.1. The van der Waals surface area contributed by atoms with Crippen LogP contribution in [0.4, 0.5) is 0 Å². The lowest BCUT2D eigenvalue weighted by Gasteiger charge is -2.32. The fourth-order valence-electron chi connectivity index (χ4n) is 2.99. The van der Waals surface area contributed by atoms with Crippen LogP contribution in [0.5, 0.6) is 0 Å². The van der Waals surface area contributed by atoms with Gasteiger partial charge in [0.25, 0.3) is 0 Å². The van der Waals surface area contributed by atoms with Crippen LogP contribution < -0.4 is 0 Å². The number of fused-ring (bicyclic) bond motifs is 1. The summed E-state index contributed by atoms with van der Waals surface area (Å²) in [6.45, 7) is 6.62. The number of amides is 1. The van der Waals surface area contributed by atoms with Gasteiger partial charge in [-0.25, -0.2) is 4.98 Å². The van der Waals surface area contributed by atoms with Crippen molar-refractivity contribution >= 4 is 27.5 Å². The minimum absolute atomic E-state index is 0.221. The second-order valence-corrected chi connectivity index (χ2v) is 7.73. The van der Waals surface area contributed by atoms with Gasteiger partial charge in [-0.2, -0.15) is 0 Å². The molecule has 5 heteroatoms. The fourth-order valence-corrected chi connectivity index (χ4v) is 4.13. The molecule has 0 atom stereocenters. The lowest BCUT2D eigenvalue weighted by Crippen LogP contribution is -2.43. The SMILES string of the molecule is CC(C)N(C)C(=O)CN1CCC(c2nc3ccccc3s2)CC1. The minimum atomic E-state index is 0.221. The zero-order chi connectivity index (χ0) is 16.4. The van der Waals surface area contributed by atoms with Gasteiger partial charge >= 0.3 is 0 Å². The summed E-state index contributed by atoms with van der Waals surface area (Å²) in [6.07, 6.45) is 2.19. The predicted molar refractivity (Wildman–Crippen MR) is 95.9 cm³/mol. The first kappa shape index (κ1) is 16.4. The van der Waals surface area contributed by atoms with Crippen molar-refractivity contribution in [1.82, 2.24) is 14.8 Å². The molecule has 2 heterocycles. The number of hydrogen-bond acceptors (Lipinski definition) is 4. The standard InChI is InChI=1S/C18H25N3OS/c1-13(2)20(3)17(22)12-21-10-8-14(9-11-21)18-19-15-6-4-5-7-16(15)23-18/h4-7,13-14H,8-12H2,1-3H3. The predicted octanol–water partition coefficient (Wildman–Crippen LogP) is 3.34. The van der Waals surface area contributed by atoms with Crippen LogP contribution in [0, 0.1) is 0 Å². The van der Waals surface area contributed by atoms with Crippen molar-refractivity contribution in [2.45, 2.75) is 38.6 Å². The summed E-state index contributed by atoms with van der Waals surface area (Å²) in [5.41, 5.74) is 1.11. The number of aromatic nitrogens is 1. The second-order valence-electron chi connectivity index (χ2n) is 6.67. The van der Waals surface area contributed by atoms with E-state index in [1.807, 2.05) is 29.4 Å². The third-order valence-corrected chi connectivity index (χ3v) is 5.97. The Morgan fingerprint density at radius 3 is 2.70 bits per heavy atom. The number of carbonyl (C=O) groups is 1. The molecule has 23 heavy (non-hydrogen) atoms. The van der Waals surface area contributed by atoms with Gasteiger partial charge in [-0.1, -0.05) is 12.1 Å². The number of rotatable bonds is 4. The van der Waals surface area contributed by atoms with E-state index in [-0.39, 0.29) is 11.9 Å². The molecule has 0 unspecified atom stereocenters. The van der Waals surface area contributed by atoms with Gasteiger partial charge in [-0.05, 0) is 51.9 Å². The zero-order valence-electron chi connectivity index (χ0n) is 14.2. The maximum atomic E-state index is 12.2. The Bertz CT molecular complexity index is 641. The molecule has 124 valence electrons. The summed E-state index contributed by atoms with van der Waals surface area (Å²) in [6, 6.07) is 8.62. The van der Waals surface area contributed by atoms with Crippen molar-refractivity contribution in [2.24, 2.45) is 0 Å². The average molecular weight is 331 g/mol. The van der Waals surface area contributed by atoms with Crippen LogP contribution in [0.15, 0.2) is 24.3 Å². The molecule has 1 fully saturated rings. The summed E-state index contributed by atoms with van der Waals surface area (Å²) in [5, 5.41) is 1.26. The van der Waals surface area contributed by atoms with Crippen LogP contribution in [0.2, 0.25) is 0 Å². The number of thiazole rings is 1. The van der Waals surface area contributed by atoms with Crippen molar-refractivity contribution in [1.29, 1.82) is 0 Å². The molecule has 1 aliphatic heterocycles. The van der Waals surface area contributed by atoms with Gasteiger partial charge in [-0.3, -0.25) is 9.69 Å². The number of likely N-dealkylation sites (N-methyl/N-ethyl adjacent to an activating group) is 1.